The van der Waals surface area contributed by atoms with Gasteiger partial charge in [-0.2, -0.15) is 0 Å². The molecule has 2 N–H and O–H groups in total. The van der Waals surface area contributed by atoms with Gasteiger partial charge in [0.05, 0.1) is 25.8 Å². The van der Waals surface area contributed by atoms with Crippen LogP contribution < -0.4 is 9.47 Å². The maximum atomic E-state index is 11.2. The van der Waals surface area contributed by atoms with Gasteiger partial charge in [0.15, 0.2) is 11.5 Å². The Balaban J connectivity index is 2.62. The van der Waals surface area contributed by atoms with Gasteiger partial charge in [-0.15, -0.1) is 0 Å². The van der Waals surface area contributed by atoms with Gasteiger partial charge in [0, 0.05) is 12.0 Å². The fraction of sp³-hybridized carbons (Fsp3) is 0.333. The van der Waals surface area contributed by atoms with Crippen LogP contribution in [0.3, 0.4) is 0 Å². The Morgan fingerprint density at radius 3 is 2.44 bits per heavy atom. The first-order valence-corrected chi connectivity index (χ1v) is 5.32. The van der Waals surface area contributed by atoms with Crippen molar-refractivity contribution in [1.82, 2.24) is 0 Å². The number of methoxy groups -OCH3 is 2. The fourth-order valence-corrected chi connectivity index (χ4v) is 2.16. The Morgan fingerprint density at radius 1 is 1.33 bits per heavy atom. The summed E-state index contributed by atoms with van der Waals surface area (Å²) in [5.41, 5.74) is 1.51. The maximum Gasteiger partial charge on any atom is 0.311 e. The molecule has 1 aromatic rings. The highest BCUT2D eigenvalue weighted by Gasteiger charge is 2.34. The molecule has 0 saturated carbocycles. The first-order chi connectivity index (χ1) is 8.62. The number of hydrogen-bond donors (Lipinski definition) is 2. The third-order valence-corrected chi connectivity index (χ3v) is 3.06. The van der Waals surface area contributed by atoms with Crippen molar-refractivity contribution >= 4 is 11.7 Å². The zero-order valence-electron chi connectivity index (χ0n) is 10.0. The number of fused-ring (bicyclic) bond motifs is 1. The monoisotopic (exact) mass is 251 g/mol. The quantitative estimate of drug-likeness (QED) is 0.627. The Hall–Kier alpha value is -2.24. The molecule has 0 amide bonds. The average molecular weight is 251 g/mol. The number of aliphatic carboxylic acids is 1. The lowest BCUT2D eigenvalue weighted by Gasteiger charge is -2.11. The van der Waals surface area contributed by atoms with E-state index in [2.05, 4.69) is 5.16 Å². The van der Waals surface area contributed by atoms with E-state index in [4.69, 9.17) is 19.8 Å². The molecule has 1 aromatic carbocycles. The molecular weight excluding hydrogens is 238 g/mol. The Morgan fingerprint density at radius 2 is 1.94 bits per heavy atom. The first kappa shape index (κ1) is 12.2. The maximum absolute atomic E-state index is 11.2. The number of oxime groups is 1. The van der Waals surface area contributed by atoms with Crippen molar-refractivity contribution < 1.29 is 24.6 Å². The number of carboxylic acids is 1. The molecule has 18 heavy (non-hydrogen) atoms. The Kier molecular flexibility index (Phi) is 3.10. The second-order valence-electron chi connectivity index (χ2n) is 3.94. The SMILES string of the molecule is COc1cc2c(cc1OC)C(C(=O)O)C/C2=N/O. The van der Waals surface area contributed by atoms with E-state index in [1.807, 2.05) is 0 Å². The van der Waals surface area contributed by atoms with Crippen LogP contribution in [0.2, 0.25) is 0 Å². The molecule has 1 atom stereocenters. The molecule has 1 unspecified atom stereocenters. The number of ether oxygens (including phenoxy) is 2. The van der Waals surface area contributed by atoms with Gasteiger partial charge in [0.1, 0.15) is 0 Å². The van der Waals surface area contributed by atoms with E-state index in [9.17, 15) is 4.79 Å². The van der Waals surface area contributed by atoms with E-state index < -0.39 is 11.9 Å². The summed E-state index contributed by atoms with van der Waals surface area (Å²) in [6, 6.07) is 3.25. The third kappa shape index (κ3) is 1.75. The van der Waals surface area contributed by atoms with Crippen LogP contribution in [0.15, 0.2) is 17.3 Å². The van der Waals surface area contributed by atoms with Crippen LogP contribution in [0.25, 0.3) is 0 Å². The normalized spacial score (nSPS) is 19.7. The van der Waals surface area contributed by atoms with Gasteiger partial charge in [0.2, 0.25) is 0 Å². The molecule has 2 rings (SSSR count). The topological polar surface area (TPSA) is 88.4 Å². The van der Waals surface area contributed by atoms with Crippen LogP contribution in [0.5, 0.6) is 11.5 Å². The summed E-state index contributed by atoms with van der Waals surface area (Å²) >= 11 is 0. The molecular formula is C12H13NO5. The largest absolute Gasteiger partial charge is 0.493 e. The van der Waals surface area contributed by atoms with E-state index in [0.717, 1.165) is 0 Å². The highest BCUT2D eigenvalue weighted by Crippen LogP contribution is 2.40. The molecule has 6 heteroatoms. The number of nitrogens with zero attached hydrogens (tertiary/aromatic N) is 1. The fourth-order valence-electron chi connectivity index (χ4n) is 2.16. The highest BCUT2D eigenvalue weighted by atomic mass is 16.5. The van der Waals surface area contributed by atoms with Crippen LogP contribution in [-0.4, -0.2) is 36.2 Å². The van der Waals surface area contributed by atoms with Crippen LogP contribution >= 0.6 is 0 Å². The zero-order chi connectivity index (χ0) is 13.3. The lowest BCUT2D eigenvalue weighted by molar-refractivity contribution is -0.138. The van der Waals surface area contributed by atoms with Crippen molar-refractivity contribution in [2.75, 3.05) is 14.2 Å². The van der Waals surface area contributed by atoms with Gasteiger partial charge < -0.3 is 19.8 Å². The van der Waals surface area contributed by atoms with Gasteiger partial charge in [-0.05, 0) is 17.7 Å². The van der Waals surface area contributed by atoms with Crippen molar-refractivity contribution in [3.05, 3.63) is 23.3 Å². The van der Waals surface area contributed by atoms with E-state index in [1.165, 1.54) is 14.2 Å². The van der Waals surface area contributed by atoms with Gasteiger partial charge in [-0.25, -0.2) is 0 Å². The number of rotatable bonds is 3. The summed E-state index contributed by atoms with van der Waals surface area (Å²) in [5.74, 6) is -0.738. The predicted octanol–water partition coefficient (Wildman–Crippen LogP) is 1.45. The van der Waals surface area contributed by atoms with Crippen LogP contribution in [0, 0.1) is 0 Å². The van der Waals surface area contributed by atoms with Gasteiger partial charge >= 0.3 is 5.97 Å². The van der Waals surface area contributed by atoms with Crippen molar-refractivity contribution in [1.29, 1.82) is 0 Å². The standard InChI is InChI=1S/C12H13NO5/c1-17-10-4-6-7(5-11(10)18-2)9(13-16)3-8(6)12(14)15/h4-5,8,16H,3H2,1-2H3,(H,14,15)/b13-9-. The molecule has 0 fully saturated rings. The molecule has 0 aliphatic heterocycles. The molecule has 0 bridgehead atoms. The Labute approximate surface area is 103 Å². The summed E-state index contributed by atoms with van der Waals surface area (Å²) in [4.78, 5) is 11.2. The second kappa shape index (κ2) is 4.56. The van der Waals surface area contributed by atoms with Crippen molar-refractivity contribution in [2.45, 2.75) is 12.3 Å². The number of hydrogen-bond acceptors (Lipinski definition) is 5. The third-order valence-electron chi connectivity index (χ3n) is 3.06. The molecule has 6 nitrogen and oxygen atoms in total. The van der Waals surface area contributed by atoms with E-state index in [-0.39, 0.29) is 6.42 Å². The molecule has 96 valence electrons. The zero-order valence-corrected chi connectivity index (χ0v) is 10.0. The van der Waals surface area contributed by atoms with Crippen molar-refractivity contribution in [2.24, 2.45) is 5.16 Å². The Bertz CT molecular complexity index is 523. The second-order valence-corrected chi connectivity index (χ2v) is 3.94. The summed E-state index contributed by atoms with van der Waals surface area (Å²) < 4.78 is 10.3. The molecule has 0 heterocycles. The molecule has 0 radical (unpaired) electrons. The smallest absolute Gasteiger partial charge is 0.311 e. The highest BCUT2D eigenvalue weighted by molar-refractivity contribution is 6.09. The van der Waals surface area contributed by atoms with Crippen LogP contribution in [0.1, 0.15) is 23.5 Å². The number of benzene rings is 1. The predicted molar refractivity (Wildman–Crippen MR) is 62.9 cm³/mol. The van der Waals surface area contributed by atoms with Crippen LogP contribution in [0.4, 0.5) is 0 Å². The minimum Gasteiger partial charge on any atom is -0.493 e. The molecule has 1 aliphatic carbocycles. The van der Waals surface area contributed by atoms with Crippen molar-refractivity contribution in [3.63, 3.8) is 0 Å². The summed E-state index contributed by atoms with van der Waals surface area (Å²) in [6.45, 7) is 0. The molecule has 1 aliphatic rings. The minimum absolute atomic E-state index is 0.164. The lowest BCUT2D eigenvalue weighted by atomic mass is 10.0. The van der Waals surface area contributed by atoms with Gasteiger partial charge in [-0.1, -0.05) is 5.16 Å². The van der Waals surface area contributed by atoms with E-state index in [0.29, 0.717) is 28.3 Å². The van der Waals surface area contributed by atoms with Crippen molar-refractivity contribution in [3.8, 4) is 11.5 Å². The summed E-state index contributed by atoms with van der Waals surface area (Å²) in [6.07, 6.45) is 0.164. The van der Waals surface area contributed by atoms with E-state index in [1.54, 1.807) is 12.1 Å². The molecule has 0 spiro atoms. The van der Waals surface area contributed by atoms with Gasteiger partial charge in [-0.3, -0.25) is 4.79 Å². The average Bonchev–Trinajstić information content (AvgIpc) is 2.74. The number of carboxylic acid groups (broad SMARTS) is 1. The first-order valence-electron chi connectivity index (χ1n) is 5.32. The minimum atomic E-state index is -0.956. The molecule has 0 saturated heterocycles. The molecule has 0 aromatic heterocycles. The van der Waals surface area contributed by atoms with Gasteiger partial charge in [0.25, 0.3) is 0 Å². The number of carbonyl (C=O) groups is 1. The van der Waals surface area contributed by atoms with Crippen LogP contribution in [-0.2, 0) is 4.79 Å². The summed E-state index contributed by atoms with van der Waals surface area (Å²) in [5, 5.41) is 21.2. The summed E-state index contributed by atoms with van der Waals surface area (Å²) in [7, 11) is 2.97. The lowest BCUT2D eigenvalue weighted by Crippen LogP contribution is -2.08. The van der Waals surface area contributed by atoms with E-state index >= 15 is 0 Å².